The van der Waals surface area contributed by atoms with Gasteiger partial charge in [-0.1, -0.05) is 48.0 Å². The Bertz CT molecular complexity index is 1040. The number of aryl methyl sites for hydroxylation is 2. The number of hydrogen-bond acceptors (Lipinski definition) is 1. The Kier molecular flexibility index (Phi) is 7.24. The fourth-order valence-corrected chi connectivity index (χ4v) is 4.96. The lowest BCUT2D eigenvalue weighted by atomic mass is 9.77. The van der Waals surface area contributed by atoms with Gasteiger partial charge in [-0.25, -0.2) is 8.78 Å². The number of fused-ring (bicyclic) bond motifs is 1. The van der Waals surface area contributed by atoms with Crippen molar-refractivity contribution >= 4 is 22.4 Å². The van der Waals surface area contributed by atoms with Crippen molar-refractivity contribution in [2.45, 2.75) is 50.9 Å². The van der Waals surface area contributed by atoms with Gasteiger partial charge in [0.2, 0.25) is 0 Å². The summed E-state index contributed by atoms with van der Waals surface area (Å²) in [6.07, 6.45) is 7.11. The van der Waals surface area contributed by atoms with Gasteiger partial charge < -0.3 is 4.74 Å². The molecule has 4 heteroatoms. The van der Waals surface area contributed by atoms with Crippen LogP contribution >= 0.6 is 11.6 Å². The molecule has 3 aromatic carbocycles. The van der Waals surface area contributed by atoms with Crippen molar-refractivity contribution in [1.82, 2.24) is 0 Å². The largest absolute Gasteiger partial charge is 0.385 e. The number of ether oxygens (including phenoxy) is 1. The average Bonchev–Trinajstić information content (AvgIpc) is 2.79. The van der Waals surface area contributed by atoms with E-state index in [4.69, 9.17) is 16.3 Å². The molecule has 0 heterocycles. The zero-order valence-corrected chi connectivity index (χ0v) is 18.7. The van der Waals surface area contributed by atoms with E-state index < -0.39 is 5.82 Å². The third kappa shape index (κ3) is 5.27. The highest BCUT2D eigenvalue weighted by atomic mass is 35.5. The third-order valence-corrected chi connectivity index (χ3v) is 7.08. The zero-order chi connectivity index (χ0) is 21.8. The molecule has 1 fully saturated rings. The van der Waals surface area contributed by atoms with Crippen LogP contribution < -0.4 is 0 Å². The molecule has 0 N–H and O–H groups in total. The summed E-state index contributed by atoms with van der Waals surface area (Å²) in [4.78, 5) is 0. The second-order valence-electron chi connectivity index (χ2n) is 8.77. The monoisotopic (exact) mass is 442 g/mol. The van der Waals surface area contributed by atoms with E-state index >= 15 is 4.39 Å². The van der Waals surface area contributed by atoms with Crippen LogP contribution in [0.15, 0.2) is 48.5 Å². The third-order valence-electron chi connectivity index (χ3n) is 6.77. The Morgan fingerprint density at radius 1 is 0.935 bits per heavy atom. The summed E-state index contributed by atoms with van der Waals surface area (Å²) in [7, 11) is 1.77. The van der Waals surface area contributed by atoms with E-state index in [1.54, 1.807) is 19.2 Å². The van der Waals surface area contributed by atoms with Gasteiger partial charge in [-0.3, -0.25) is 0 Å². The quantitative estimate of drug-likeness (QED) is 0.361. The number of benzene rings is 3. The molecule has 4 rings (SSSR count). The number of rotatable bonds is 7. The fraction of sp³-hybridized carbons (Fsp3) is 0.407. The van der Waals surface area contributed by atoms with E-state index in [1.807, 2.05) is 18.2 Å². The van der Waals surface area contributed by atoms with Gasteiger partial charge in [-0.15, -0.1) is 0 Å². The van der Waals surface area contributed by atoms with E-state index in [0.717, 1.165) is 29.9 Å². The number of halogens is 3. The lowest BCUT2D eigenvalue weighted by Gasteiger charge is -2.29. The molecule has 31 heavy (non-hydrogen) atoms. The van der Waals surface area contributed by atoms with Gasteiger partial charge in [0, 0.05) is 19.1 Å². The SMILES string of the molecule is COCCC1CCC(c2ccc3c(F)c(CCc4ccc(Cl)c(F)c4)ccc3c2)CC1. The second kappa shape index (κ2) is 10.1. The smallest absolute Gasteiger partial charge is 0.142 e. The van der Waals surface area contributed by atoms with Crippen LogP contribution in [0.3, 0.4) is 0 Å². The Morgan fingerprint density at radius 3 is 2.48 bits per heavy atom. The van der Waals surface area contributed by atoms with Crippen molar-refractivity contribution in [3.63, 3.8) is 0 Å². The molecule has 3 aromatic rings. The summed E-state index contributed by atoms with van der Waals surface area (Å²) in [6.45, 7) is 0.847. The standard InChI is InChI=1S/C27H29ClF2O/c1-31-15-14-18-2-6-20(7-3-18)22-11-12-24-23(17-22)10-9-21(27(24)30)8-4-19-5-13-25(28)26(29)16-19/h5,9-13,16-18,20H,2-4,6-8,14-15H2,1H3. The molecule has 1 saturated carbocycles. The van der Waals surface area contributed by atoms with E-state index in [1.165, 1.54) is 37.3 Å². The molecule has 0 saturated heterocycles. The minimum Gasteiger partial charge on any atom is -0.385 e. The molecule has 0 amide bonds. The first-order valence-corrected chi connectivity index (χ1v) is 11.6. The topological polar surface area (TPSA) is 9.23 Å². The summed E-state index contributed by atoms with van der Waals surface area (Å²) in [5.74, 6) is 0.733. The minimum absolute atomic E-state index is 0.111. The molecule has 0 aliphatic heterocycles. The molecule has 164 valence electrons. The molecular formula is C27H29ClF2O. The Hall–Kier alpha value is -1.97. The van der Waals surface area contributed by atoms with Crippen molar-refractivity contribution in [2.24, 2.45) is 5.92 Å². The molecule has 1 aliphatic rings. The van der Waals surface area contributed by atoms with E-state index in [2.05, 4.69) is 12.1 Å². The van der Waals surface area contributed by atoms with Crippen molar-refractivity contribution < 1.29 is 13.5 Å². The predicted octanol–water partition coefficient (Wildman–Crippen LogP) is 7.87. The van der Waals surface area contributed by atoms with Crippen molar-refractivity contribution in [3.05, 3.63) is 81.9 Å². The summed E-state index contributed by atoms with van der Waals surface area (Å²) >= 11 is 5.74. The lowest BCUT2D eigenvalue weighted by molar-refractivity contribution is 0.163. The van der Waals surface area contributed by atoms with E-state index in [9.17, 15) is 4.39 Å². The van der Waals surface area contributed by atoms with Gasteiger partial charge in [0.15, 0.2) is 0 Å². The highest BCUT2D eigenvalue weighted by molar-refractivity contribution is 6.30. The fourth-order valence-electron chi connectivity index (χ4n) is 4.85. The van der Waals surface area contributed by atoms with Crippen LogP contribution in [0.5, 0.6) is 0 Å². The number of hydrogen-bond donors (Lipinski definition) is 0. The maximum absolute atomic E-state index is 15.2. The Balaban J connectivity index is 1.45. The molecule has 0 radical (unpaired) electrons. The van der Waals surface area contributed by atoms with Crippen LogP contribution in [0.25, 0.3) is 10.8 Å². The molecule has 0 bridgehead atoms. The average molecular weight is 443 g/mol. The lowest BCUT2D eigenvalue weighted by Crippen LogP contribution is -2.14. The van der Waals surface area contributed by atoms with Crippen LogP contribution in [0.4, 0.5) is 8.78 Å². The summed E-state index contributed by atoms with van der Waals surface area (Å²) < 4.78 is 34.0. The van der Waals surface area contributed by atoms with Crippen LogP contribution in [0, 0.1) is 17.6 Å². The molecule has 0 spiro atoms. The van der Waals surface area contributed by atoms with Gasteiger partial charge in [0.25, 0.3) is 0 Å². The highest BCUT2D eigenvalue weighted by Crippen LogP contribution is 2.38. The number of methoxy groups -OCH3 is 1. The van der Waals surface area contributed by atoms with E-state index in [-0.39, 0.29) is 10.8 Å². The van der Waals surface area contributed by atoms with Gasteiger partial charge in [0.1, 0.15) is 11.6 Å². The predicted molar refractivity (Wildman–Crippen MR) is 124 cm³/mol. The van der Waals surface area contributed by atoms with Crippen LogP contribution in [0.1, 0.15) is 54.7 Å². The molecule has 1 nitrogen and oxygen atoms in total. The van der Waals surface area contributed by atoms with Crippen molar-refractivity contribution in [2.75, 3.05) is 13.7 Å². The van der Waals surface area contributed by atoms with Gasteiger partial charge in [0.05, 0.1) is 5.02 Å². The van der Waals surface area contributed by atoms with Crippen molar-refractivity contribution in [1.29, 1.82) is 0 Å². The molecule has 1 aliphatic carbocycles. The first-order valence-electron chi connectivity index (χ1n) is 11.2. The molecule has 0 atom stereocenters. The van der Waals surface area contributed by atoms with Gasteiger partial charge in [-0.2, -0.15) is 0 Å². The van der Waals surface area contributed by atoms with Gasteiger partial charge >= 0.3 is 0 Å². The maximum Gasteiger partial charge on any atom is 0.142 e. The van der Waals surface area contributed by atoms with Crippen LogP contribution in [-0.4, -0.2) is 13.7 Å². The summed E-state index contributed by atoms with van der Waals surface area (Å²) in [5.41, 5.74) is 2.80. The first kappa shape index (κ1) is 22.2. The van der Waals surface area contributed by atoms with Gasteiger partial charge in [-0.05, 0) is 91.0 Å². The van der Waals surface area contributed by atoms with E-state index in [0.29, 0.717) is 29.7 Å². The summed E-state index contributed by atoms with van der Waals surface area (Å²) in [5, 5.41) is 1.73. The molecule has 0 unspecified atom stereocenters. The normalized spacial score (nSPS) is 19.1. The minimum atomic E-state index is -0.432. The second-order valence-corrected chi connectivity index (χ2v) is 9.17. The van der Waals surface area contributed by atoms with Crippen LogP contribution in [0.2, 0.25) is 5.02 Å². The van der Waals surface area contributed by atoms with Crippen molar-refractivity contribution in [3.8, 4) is 0 Å². The summed E-state index contributed by atoms with van der Waals surface area (Å²) in [6, 6.07) is 14.9. The molecule has 0 aromatic heterocycles. The maximum atomic E-state index is 15.2. The zero-order valence-electron chi connectivity index (χ0n) is 18.0. The van der Waals surface area contributed by atoms with Crippen LogP contribution in [-0.2, 0) is 17.6 Å². The Morgan fingerprint density at radius 2 is 1.74 bits per heavy atom. The molecular weight excluding hydrogens is 414 g/mol. The Labute approximate surface area is 188 Å². The highest BCUT2D eigenvalue weighted by Gasteiger charge is 2.22. The first-order chi connectivity index (χ1) is 15.0.